The van der Waals surface area contributed by atoms with E-state index in [-0.39, 0.29) is 17.5 Å². The van der Waals surface area contributed by atoms with Crippen molar-refractivity contribution in [2.45, 2.75) is 44.6 Å². The van der Waals surface area contributed by atoms with E-state index in [1.807, 2.05) is 51.1 Å². The SMILES string of the molecule is COc1ccc(C)cc1N(CC(=O)NCCCc1cccc(OC(C)C)c1)S(=O)(=O)c1ccccc1. The van der Waals surface area contributed by atoms with Crippen LogP contribution in [0, 0.1) is 6.92 Å². The third kappa shape index (κ3) is 7.24. The van der Waals surface area contributed by atoms with Gasteiger partial charge in [-0.1, -0.05) is 36.4 Å². The largest absolute Gasteiger partial charge is 0.495 e. The number of rotatable bonds is 12. The molecule has 3 rings (SSSR count). The van der Waals surface area contributed by atoms with Crippen LogP contribution in [0.5, 0.6) is 11.5 Å². The molecule has 3 aromatic rings. The molecule has 0 aliphatic heterocycles. The first kappa shape index (κ1) is 27.1. The summed E-state index contributed by atoms with van der Waals surface area (Å²) in [6.07, 6.45) is 1.56. The standard InChI is InChI=1S/C28H34N2O5S/c1-21(2)35-24-12-8-10-23(19-24)11-9-17-29-28(31)20-30(26-18-22(3)15-16-27(26)34-4)36(32,33)25-13-6-5-7-14-25/h5-8,10,12-16,18-19,21H,9,11,17,20H2,1-4H3,(H,29,31). The molecular weight excluding hydrogens is 476 g/mol. The fraction of sp³-hybridized carbons (Fsp3) is 0.321. The van der Waals surface area contributed by atoms with E-state index in [2.05, 4.69) is 5.32 Å². The highest BCUT2D eigenvalue weighted by Crippen LogP contribution is 2.33. The molecule has 0 aromatic heterocycles. The summed E-state index contributed by atoms with van der Waals surface area (Å²) >= 11 is 0. The zero-order valence-electron chi connectivity index (χ0n) is 21.2. The van der Waals surface area contributed by atoms with Crippen molar-refractivity contribution in [3.63, 3.8) is 0 Å². The fourth-order valence-corrected chi connectivity index (χ4v) is 5.21. The second-order valence-corrected chi connectivity index (χ2v) is 10.6. The molecule has 0 heterocycles. The van der Waals surface area contributed by atoms with E-state index >= 15 is 0 Å². The van der Waals surface area contributed by atoms with Gasteiger partial charge in [-0.15, -0.1) is 0 Å². The second-order valence-electron chi connectivity index (χ2n) is 8.77. The van der Waals surface area contributed by atoms with Crippen molar-refractivity contribution in [1.29, 1.82) is 0 Å². The first-order valence-corrected chi connectivity index (χ1v) is 13.4. The molecule has 3 aromatic carbocycles. The van der Waals surface area contributed by atoms with Gasteiger partial charge in [-0.3, -0.25) is 9.10 Å². The van der Waals surface area contributed by atoms with Crippen LogP contribution in [0.4, 0.5) is 5.69 Å². The fourth-order valence-electron chi connectivity index (χ4n) is 3.77. The van der Waals surface area contributed by atoms with Crippen molar-refractivity contribution in [1.82, 2.24) is 5.32 Å². The number of nitrogens with zero attached hydrogens (tertiary/aromatic N) is 1. The van der Waals surface area contributed by atoms with E-state index in [0.29, 0.717) is 24.4 Å². The summed E-state index contributed by atoms with van der Waals surface area (Å²) < 4.78 is 39.4. The molecule has 0 aliphatic carbocycles. The van der Waals surface area contributed by atoms with Gasteiger partial charge in [0.2, 0.25) is 5.91 Å². The van der Waals surface area contributed by atoms with Crippen LogP contribution in [0.1, 0.15) is 31.4 Å². The van der Waals surface area contributed by atoms with Crippen LogP contribution >= 0.6 is 0 Å². The number of nitrogens with one attached hydrogen (secondary N) is 1. The van der Waals surface area contributed by atoms with Crippen LogP contribution in [0.25, 0.3) is 0 Å². The number of methoxy groups -OCH3 is 1. The average Bonchev–Trinajstić information content (AvgIpc) is 2.85. The summed E-state index contributed by atoms with van der Waals surface area (Å²) in [6, 6.07) is 21.2. The van der Waals surface area contributed by atoms with Gasteiger partial charge in [0.05, 0.1) is 23.8 Å². The number of hydrogen-bond donors (Lipinski definition) is 1. The molecule has 192 valence electrons. The molecule has 0 saturated carbocycles. The monoisotopic (exact) mass is 510 g/mol. The van der Waals surface area contributed by atoms with E-state index in [9.17, 15) is 13.2 Å². The van der Waals surface area contributed by atoms with Crippen LogP contribution in [0.3, 0.4) is 0 Å². The lowest BCUT2D eigenvalue weighted by Crippen LogP contribution is -2.41. The number of anilines is 1. The molecular formula is C28H34N2O5S. The Hall–Kier alpha value is -3.52. The van der Waals surface area contributed by atoms with Gasteiger partial charge < -0.3 is 14.8 Å². The highest BCUT2D eigenvalue weighted by Gasteiger charge is 2.29. The molecule has 0 unspecified atom stereocenters. The Morgan fingerprint density at radius 3 is 2.44 bits per heavy atom. The Bertz CT molecular complexity index is 1260. The Labute approximate surface area is 214 Å². The third-order valence-electron chi connectivity index (χ3n) is 5.46. The highest BCUT2D eigenvalue weighted by atomic mass is 32.2. The lowest BCUT2D eigenvalue weighted by molar-refractivity contribution is -0.119. The van der Waals surface area contributed by atoms with E-state index in [0.717, 1.165) is 27.6 Å². The number of carbonyl (C=O) groups excluding carboxylic acids is 1. The first-order chi connectivity index (χ1) is 17.2. The lowest BCUT2D eigenvalue weighted by Gasteiger charge is -2.26. The van der Waals surface area contributed by atoms with Crippen LogP contribution in [0.2, 0.25) is 0 Å². The Kier molecular flexibility index (Phi) is 9.36. The molecule has 0 spiro atoms. The molecule has 0 radical (unpaired) electrons. The second kappa shape index (κ2) is 12.4. The minimum atomic E-state index is -4.01. The zero-order valence-corrected chi connectivity index (χ0v) is 22.0. The lowest BCUT2D eigenvalue weighted by atomic mass is 10.1. The Balaban J connectivity index is 1.71. The molecule has 36 heavy (non-hydrogen) atoms. The molecule has 0 atom stereocenters. The average molecular weight is 511 g/mol. The van der Waals surface area contributed by atoms with Gasteiger partial charge in [0.1, 0.15) is 18.0 Å². The predicted molar refractivity (Wildman–Crippen MR) is 142 cm³/mol. The molecule has 0 bridgehead atoms. The molecule has 0 fully saturated rings. The smallest absolute Gasteiger partial charge is 0.264 e. The topological polar surface area (TPSA) is 84.9 Å². The number of amides is 1. The quantitative estimate of drug-likeness (QED) is 0.356. The number of benzene rings is 3. The van der Waals surface area contributed by atoms with E-state index in [1.165, 1.54) is 19.2 Å². The molecule has 1 amide bonds. The van der Waals surface area contributed by atoms with Crippen LogP contribution in [-0.2, 0) is 21.2 Å². The Morgan fingerprint density at radius 2 is 1.75 bits per heavy atom. The van der Waals surface area contributed by atoms with Gasteiger partial charge in [0, 0.05) is 6.54 Å². The summed E-state index contributed by atoms with van der Waals surface area (Å²) in [5.74, 6) is 0.798. The van der Waals surface area contributed by atoms with Crippen molar-refractivity contribution in [2.24, 2.45) is 0 Å². The molecule has 7 nitrogen and oxygen atoms in total. The summed E-state index contributed by atoms with van der Waals surface area (Å²) in [5, 5.41) is 2.86. The number of hydrogen-bond acceptors (Lipinski definition) is 5. The predicted octanol–water partition coefficient (Wildman–Crippen LogP) is 4.74. The van der Waals surface area contributed by atoms with E-state index in [1.54, 1.807) is 30.3 Å². The van der Waals surface area contributed by atoms with Gasteiger partial charge in [0.15, 0.2) is 0 Å². The molecule has 0 aliphatic rings. The van der Waals surface area contributed by atoms with Crippen molar-refractivity contribution in [2.75, 3.05) is 24.5 Å². The third-order valence-corrected chi connectivity index (χ3v) is 7.23. The maximum absolute atomic E-state index is 13.5. The van der Waals surface area contributed by atoms with Gasteiger partial charge in [-0.25, -0.2) is 8.42 Å². The van der Waals surface area contributed by atoms with Gasteiger partial charge in [-0.05, 0) is 81.1 Å². The van der Waals surface area contributed by atoms with Crippen molar-refractivity contribution in [3.8, 4) is 11.5 Å². The summed E-state index contributed by atoms with van der Waals surface area (Å²) in [6.45, 7) is 5.87. The highest BCUT2D eigenvalue weighted by molar-refractivity contribution is 7.92. The zero-order chi connectivity index (χ0) is 26.1. The van der Waals surface area contributed by atoms with Gasteiger partial charge in [0.25, 0.3) is 10.0 Å². The van der Waals surface area contributed by atoms with Crippen molar-refractivity contribution < 1.29 is 22.7 Å². The number of carbonyl (C=O) groups is 1. The number of sulfonamides is 1. The Morgan fingerprint density at radius 1 is 1.00 bits per heavy atom. The summed E-state index contributed by atoms with van der Waals surface area (Å²) in [4.78, 5) is 13.0. The number of aryl methyl sites for hydroxylation is 2. The number of ether oxygens (including phenoxy) is 2. The van der Waals surface area contributed by atoms with Crippen LogP contribution in [-0.4, -0.2) is 40.6 Å². The van der Waals surface area contributed by atoms with Crippen LogP contribution in [0.15, 0.2) is 77.7 Å². The van der Waals surface area contributed by atoms with Crippen molar-refractivity contribution in [3.05, 3.63) is 83.9 Å². The minimum absolute atomic E-state index is 0.0988. The van der Waals surface area contributed by atoms with Crippen molar-refractivity contribution >= 4 is 21.6 Å². The van der Waals surface area contributed by atoms with Crippen LogP contribution < -0.4 is 19.1 Å². The van der Waals surface area contributed by atoms with Gasteiger partial charge >= 0.3 is 0 Å². The normalized spacial score (nSPS) is 11.2. The molecule has 8 heteroatoms. The maximum Gasteiger partial charge on any atom is 0.264 e. The summed E-state index contributed by atoms with van der Waals surface area (Å²) in [5.41, 5.74) is 2.28. The minimum Gasteiger partial charge on any atom is -0.495 e. The molecule has 0 saturated heterocycles. The van der Waals surface area contributed by atoms with E-state index < -0.39 is 15.9 Å². The maximum atomic E-state index is 13.5. The van der Waals surface area contributed by atoms with E-state index in [4.69, 9.17) is 9.47 Å². The first-order valence-electron chi connectivity index (χ1n) is 12.0. The summed E-state index contributed by atoms with van der Waals surface area (Å²) in [7, 11) is -2.53. The van der Waals surface area contributed by atoms with Gasteiger partial charge in [-0.2, -0.15) is 0 Å². The molecule has 1 N–H and O–H groups in total.